The summed E-state index contributed by atoms with van der Waals surface area (Å²) < 4.78 is 43.6. The summed E-state index contributed by atoms with van der Waals surface area (Å²) in [5.74, 6) is 1.60. The van der Waals surface area contributed by atoms with Crippen LogP contribution in [-0.4, -0.2) is 103 Å². The molecule has 0 bridgehead atoms. The minimum Gasteiger partial charge on any atom is -0.395 e. The molecule has 0 radical (unpaired) electrons. The zero-order chi connectivity index (χ0) is 37.1. The molecule has 8 heterocycles. The maximum absolute atomic E-state index is 14.9. The smallest absolute Gasteiger partial charge is 0.181 e. The summed E-state index contributed by atoms with van der Waals surface area (Å²) in [6, 6.07) is 9.54. The fraction of sp³-hybridized carbons (Fsp3) is 0.351. The van der Waals surface area contributed by atoms with Crippen molar-refractivity contribution >= 4 is 33.7 Å². The van der Waals surface area contributed by atoms with E-state index in [4.69, 9.17) is 6.42 Å². The number of hydrogen-bond acceptors (Lipinski definition) is 11. The number of terminal acetylenes is 1. The average molecular weight is 725 g/mol. The fourth-order valence-corrected chi connectivity index (χ4v) is 6.80. The SMILES string of the molecule is C#Cc1cc(F)c(N2CCN[C@H](CC(C)C)C2)nc1-c1[nH]nc2ncccc12.OC[C@@H]1CN(c2nc(-c3[nH]nc4ncccc34)c(F)cc2F)CCN1. The lowest BCUT2D eigenvalue weighted by molar-refractivity contribution is 0.235. The van der Waals surface area contributed by atoms with Crippen molar-refractivity contribution in [3.8, 4) is 35.1 Å². The summed E-state index contributed by atoms with van der Waals surface area (Å²) in [6.07, 6.45) is 9.94. The van der Waals surface area contributed by atoms with Crippen molar-refractivity contribution in [3.63, 3.8) is 0 Å². The van der Waals surface area contributed by atoms with Gasteiger partial charge in [0.2, 0.25) is 0 Å². The average Bonchev–Trinajstić information content (AvgIpc) is 3.80. The first kappa shape index (κ1) is 35.8. The molecule has 2 atom stereocenters. The van der Waals surface area contributed by atoms with Gasteiger partial charge in [0.25, 0.3) is 0 Å². The molecule has 0 spiro atoms. The molecule has 274 valence electrons. The second-order valence-electron chi connectivity index (χ2n) is 13.4. The number of rotatable bonds is 7. The lowest BCUT2D eigenvalue weighted by atomic mass is 10.0. The van der Waals surface area contributed by atoms with Crippen LogP contribution in [0.5, 0.6) is 0 Å². The van der Waals surface area contributed by atoms with Crippen molar-refractivity contribution in [3.05, 3.63) is 71.8 Å². The van der Waals surface area contributed by atoms with Gasteiger partial charge in [-0.25, -0.2) is 33.1 Å². The van der Waals surface area contributed by atoms with Gasteiger partial charge >= 0.3 is 0 Å². The molecule has 53 heavy (non-hydrogen) atoms. The Hall–Kier alpha value is -5.63. The third-order valence-corrected chi connectivity index (χ3v) is 9.24. The van der Waals surface area contributed by atoms with Crippen LogP contribution in [0.15, 0.2) is 48.8 Å². The first-order valence-corrected chi connectivity index (χ1v) is 17.4. The Morgan fingerprint density at radius 2 is 1.36 bits per heavy atom. The number of H-pyrrole nitrogens is 2. The highest BCUT2D eigenvalue weighted by Gasteiger charge is 2.27. The van der Waals surface area contributed by atoms with Gasteiger partial charge in [0.05, 0.1) is 23.6 Å². The van der Waals surface area contributed by atoms with E-state index < -0.39 is 17.5 Å². The highest BCUT2D eigenvalue weighted by atomic mass is 19.1. The Morgan fingerprint density at radius 1 is 0.811 bits per heavy atom. The van der Waals surface area contributed by atoms with Gasteiger partial charge in [0.1, 0.15) is 11.4 Å². The van der Waals surface area contributed by atoms with Crippen molar-refractivity contribution in [1.82, 2.24) is 51.0 Å². The molecule has 2 saturated heterocycles. The van der Waals surface area contributed by atoms with Crippen molar-refractivity contribution < 1.29 is 18.3 Å². The molecule has 8 rings (SSSR count). The van der Waals surface area contributed by atoms with Gasteiger partial charge in [-0.05, 0) is 42.7 Å². The number of pyridine rings is 4. The van der Waals surface area contributed by atoms with E-state index in [1.165, 1.54) is 6.07 Å². The molecule has 13 nitrogen and oxygen atoms in total. The zero-order valence-electron chi connectivity index (χ0n) is 29.2. The van der Waals surface area contributed by atoms with E-state index in [0.29, 0.717) is 89.8 Å². The number of aromatic nitrogens is 8. The second-order valence-corrected chi connectivity index (χ2v) is 13.4. The van der Waals surface area contributed by atoms with Crippen molar-refractivity contribution in [2.24, 2.45) is 5.92 Å². The summed E-state index contributed by atoms with van der Waals surface area (Å²) >= 11 is 0. The van der Waals surface area contributed by atoms with Crippen LogP contribution in [0.4, 0.5) is 24.8 Å². The highest BCUT2D eigenvalue weighted by Crippen LogP contribution is 2.32. The number of halogens is 3. The maximum atomic E-state index is 14.9. The quantitative estimate of drug-likeness (QED) is 0.151. The number of nitrogens with one attached hydrogen (secondary N) is 4. The van der Waals surface area contributed by atoms with Gasteiger partial charge in [0.15, 0.2) is 40.4 Å². The molecule has 16 heteroatoms. The van der Waals surface area contributed by atoms with Crippen LogP contribution in [-0.2, 0) is 0 Å². The number of fused-ring (bicyclic) bond motifs is 2. The fourth-order valence-electron chi connectivity index (χ4n) is 6.80. The highest BCUT2D eigenvalue weighted by molar-refractivity contribution is 5.91. The molecule has 2 aliphatic heterocycles. The van der Waals surface area contributed by atoms with E-state index in [1.54, 1.807) is 29.4 Å². The van der Waals surface area contributed by atoms with Crippen LogP contribution in [0, 0.1) is 35.7 Å². The molecule has 0 aliphatic carbocycles. The van der Waals surface area contributed by atoms with Crippen LogP contribution in [0.2, 0.25) is 0 Å². The van der Waals surface area contributed by atoms with Crippen LogP contribution in [0.3, 0.4) is 0 Å². The van der Waals surface area contributed by atoms with Crippen LogP contribution in [0.1, 0.15) is 25.8 Å². The molecular formula is C37H39F3N12O. The van der Waals surface area contributed by atoms with Crippen molar-refractivity contribution in [1.29, 1.82) is 0 Å². The van der Waals surface area contributed by atoms with Gasteiger partial charge < -0.3 is 25.5 Å². The third-order valence-electron chi connectivity index (χ3n) is 9.24. The molecule has 6 aromatic heterocycles. The van der Waals surface area contributed by atoms with Crippen molar-refractivity contribution in [2.45, 2.75) is 32.4 Å². The summed E-state index contributed by atoms with van der Waals surface area (Å²) in [6.45, 7) is 7.99. The Labute approximate surface area is 303 Å². The molecule has 0 saturated carbocycles. The monoisotopic (exact) mass is 724 g/mol. The minimum absolute atomic E-state index is 0.00835. The largest absolute Gasteiger partial charge is 0.395 e. The first-order valence-electron chi connectivity index (χ1n) is 17.4. The van der Waals surface area contributed by atoms with Gasteiger partial charge in [0, 0.05) is 80.6 Å². The Balaban J connectivity index is 0.000000165. The Bertz CT molecular complexity index is 2270. The molecular weight excluding hydrogens is 685 g/mol. The van der Waals surface area contributed by atoms with E-state index in [1.807, 2.05) is 17.0 Å². The summed E-state index contributed by atoms with van der Waals surface area (Å²) in [5.41, 5.74) is 2.94. The number of hydrogen-bond donors (Lipinski definition) is 5. The van der Waals surface area contributed by atoms with E-state index in [0.717, 1.165) is 24.4 Å². The summed E-state index contributed by atoms with van der Waals surface area (Å²) in [7, 11) is 0. The molecule has 0 amide bonds. The summed E-state index contributed by atoms with van der Waals surface area (Å²) in [5, 5.41) is 31.3. The molecule has 2 aliphatic rings. The predicted octanol–water partition coefficient (Wildman–Crippen LogP) is 4.03. The predicted molar refractivity (Wildman–Crippen MR) is 197 cm³/mol. The van der Waals surface area contributed by atoms with Gasteiger partial charge in [-0.3, -0.25) is 10.2 Å². The molecule has 6 aromatic rings. The van der Waals surface area contributed by atoms with E-state index in [-0.39, 0.29) is 24.2 Å². The lowest BCUT2D eigenvalue weighted by Crippen LogP contribution is -2.52. The van der Waals surface area contributed by atoms with Crippen molar-refractivity contribution in [2.75, 3.05) is 55.7 Å². The molecule has 2 fully saturated rings. The second kappa shape index (κ2) is 15.5. The number of piperazine rings is 2. The molecule has 5 N–H and O–H groups in total. The normalized spacial score (nSPS) is 17.6. The van der Waals surface area contributed by atoms with Crippen LogP contribution in [0.25, 0.3) is 44.8 Å². The van der Waals surface area contributed by atoms with Crippen LogP contribution >= 0.6 is 0 Å². The van der Waals surface area contributed by atoms with E-state index >= 15 is 0 Å². The lowest BCUT2D eigenvalue weighted by Gasteiger charge is -2.35. The number of aliphatic hydroxyl groups excluding tert-OH is 1. The third kappa shape index (κ3) is 7.49. The maximum Gasteiger partial charge on any atom is 0.181 e. The van der Waals surface area contributed by atoms with Crippen LogP contribution < -0.4 is 20.4 Å². The number of anilines is 2. The number of nitrogens with zero attached hydrogens (tertiary/aromatic N) is 8. The molecule has 0 aromatic carbocycles. The van der Waals surface area contributed by atoms with Gasteiger partial charge in [-0.1, -0.05) is 19.8 Å². The zero-order valence-corrected chi connectivity index (χ0v) is 29.2. The van der Waals surface area contributed by atoms with E-state index in [2.05, 4.69) is 70.7 Å². The number of aromatic amines is 2. The van der Waals surface area contributed by atoms with E-state index in [9.17, 15) is 18.3 Å². The molecule has 0 unspecified atom stereocenters. The first-order chi connectivity index (χ1) is 25.7. The van der Waals surface area contributed by atoms with Gasteiger partial charge in [-0.15, -0.1) is 6.42 Å². The standard InChI is InChI=1S/C21H23FN6.C16H16F2N6O/c1-4-14-11-17(22)21(28-9-8-23-15(12-28)10-13(2)3)25-18(14)19-16-6-5-7-24-20(16)27-26-19;17-11-6-12(18)16(24-5-4-19-9(7-24)8-25)21-14(11)13-10-2-1-3-20-15(10)23-22-13/h1,5-7,11,13,15,23H,8-10,12H2,2-3H3,(H,24,26,27);1-3,6,9,19,25H,4-5,7-8H2,(H,20,22,23)/t15-;9-/m10/s1. The minimum atomic E-state index is -0.774. The number of aliphatic hydroxyl groups is 1. The Kier molecular flexibility index (Phi) is 10.5. The Morgan fingerprint density at radius 3 is 1.94 bits per heavy atom. The topological polar surface area (TPSA) is 160 Å². The summed E-state index contributed by atoms with van der Waals surface area (Å²) in [4.78, 5) is 20.9. The van der Waals surface area contributed by atoms with Gasteiger partial charge in [-0.2, -0.15) is 10.2 Å².